The first kappa shape index (κ1) is 19.2. The maximum atomic E-state index is 11.5. The molecule has 14 heteroatoms. The molecule has 0 radical (unpaired) electrons. The molecule has 26 heavy (non-hydrogen) atoms. The third-order valence-electron chi connectivity index (χ3n) is 2.05. The predicted octanol–water partition coefficient (Wildman–Crippen LogP) is 0.395. The van der Waals surface area contributed by atoms with Crippen LogP contribution in [0.2, 0.25) is 0 Å². The van der Waals surface area contributed by atoms with Crippen LogP contribution in [-0.2, 0) is 55.9 Å². The van der Waals surface area contributed by atoms with Crippen molar-refractivity contribution in [2.45, 2.75) is 0 Å². The van der Waals surface area contributed by atoms with Gasteiger partial charge >= 0.3 is 53.0 Å². The summed E-state index contributed by atoms with van der Waals surface area (Å²) in [6, 6.07) is 0. The van der Waals surface area contributed by atoms with Crippen molar-refractivity contribution in [3.63, 3.8) is 0 Å². The fraction of sp³-hybridized carbons (Fsp3) is 0. The molecular formula is C12H6O12P2. The molecule has 136 valence electrons. The largest absolute Gasteiger partial charge is 0.537 e. The Morgan fingerprint density at radius 1 is 0.654 bits per heavy atom. The standard InChI is InChI=1S/C12H6O12P2/c13-7-1-2-8(14)20-25(19-7)23-11(17)5-6-12(18)24-26-21-9(15)3-4-10(16)22-26/h1-6H/b6-5+. The van der Waals surface area contributed by atoms with E-state index in [9.17, 15) is 28.8 Å². The zero-order valence-electron chi connectivity index (χ0n) is 12.3. The van der Waals surface area contributed by atoms with Crippen LogP contribution < -0.4 is 0 Å². The second kappa shape index (κ2) is 8.84. The van der Waals surface area contributed by atoms with Gasteiger partial charge in [0.1, 0.15) is 0 Å². The van der Waals surface area contributed by atoms with Gasteiger partial charge in [-0.15, -0.1) is 0 Å². The maximum absolute atomic E-state index is 11.5. The zero-order valence-corrected chi connectivity index (χ0v) is 14.0. The quantitative estimate of drug-likeness (QED) is 0.470. The van der Waals surface area contributed by atoms with Crippen molar-refractivity contribution in [1.29, 1.82) is 0 Å². The average Bonchev–Trinajstić information content (AvgIpc) is 2.81. The van der Waals surface area contributed by atoms with Crippen molar-refractivity contribution >= 4 is 53.0 Å². The number of carbonyl (C=O) groups is 6. The van der Waals surface area contributed by atoms with Crippen LogP contribution in [0.3, 0.4) is 0 Å². The summed E-state index contributed by atoms with van der Waals surface area (Å²) in [5.41, 5.74) is 0. The summed E-state index contributed by atoms with van der Waals surface area (Å²) in [7, 11) is -5.27. The van der Waals surface area contributed by atoms with Gasteiger partial charge in [0.2, 0.25) is 0 Å². The van der Waals surface area contributed by atoms with E-state index in [1.165, 1.54) is 0 Å². The van der Waals surface area contributed by atoms with Gasteiger partial charge in [-0.3, -0.25) is 0 Å². The predicted molar refractivity (Wildman–Crippen MR) is 77.8 cm³/mol. The lowest BCUT2D eigenvalue weighted by molar-refractivity contribution is -0.139. The smallest absolute Gasteiger partial charge is 0.372 e. The van der Waals surface area contributed by atoms with Crippen LogP contribution in [0.1, 0.15) is 0 Å². The van der Waals surface area contributed by atoms with E-state index in [4.69, 9.17) is 0 Å². The molecule has 0 bridgehead atoms. The highest BCUT2D eigenvalue weighted by atomic mass is 31.2. The summed E-state index contributed by atoms with van der Waals surface area (Å²) >= 11 is 0. The SMILES string of the molecule is O=C1C=CC(=O)OP(OC(=O)/C=C/C(=O)OP2OC(=O)C=CC(=O)O2)O1. The average molecular weight is 404 g/mol. The van der Waals surface area contributed by atoms with Gasteiger partial charge in [0, 0.05) is 36.5 Å². The molecule has 0 atom stereocenters. The van der Waals surface area contributed by atoms with Gasteiger partial charge in [-0.05, 0) is 0 Å². The molecule has 0 aliphatic carbocycles. The zero-order chi connectivity index (χ0) is 19.1. The summed E-state index contributed by atoms with van der Waals surface area (Å²) in [6.07, 6.45) is 4.21. The second-order valence-electron chi connectivity index (χ2n) is 3.91. The molecule has 2 heterocycles. The molecule has 0 aromatic rings. The van der Waals surface area contributed by atoms with Gasteiger partial charge in [-0.2, -0.15) is 0 Å². The van der Waals surface area contributed by atoms with E-state index in [2.05, 4.69) is 27.1 Å². The Morgan fingerprint density at radius 3 is 1.19 bits per heavy atom. The fourth-order valence-electron chi connectivity index (χ4n) is 1.14. The highest BCUT2D eigenvalue weighted by Gasteiger charge is 2.29. The van der Waals surface area contributed by atoms with E-state index in [1.54, 1.807) is 0 Å². The molecule has 0 fully saturated rings. The Bertz CT molecular complexity index is 649. The van der Waals surface area contributed by atoms with Gasteiger partial charge in [0.25, 0.3) is 0 Å². The highest BCUT2D eigenvalue weighted by molar-refractivity contribution is 7.44. The van der Waals surface area contributed by atoms with Crippen LogP contribution in [0.15, 0.2) is 36.5 Å². The van der Waals surface area contributed by atoms with E-state index in [1.807, 2.05) is 0 Å². The second-order valence-corrected chi connectivity index (χ2v) is 5.90. The summed E-state index contributed by atoms with van der Waals surface area (Å²) < 4.78 is 27.1. The van der Waals surface area contributed by atoms with E-state index >= 15 is 0 Å². The Kier molecular flexibility index (Phi) is 6.54. The van der Waals surface area contributed by atoms with Crippen molar-refractivity contribution < 1.29 is 55.9 Å². The molecule has 0 aromatic carbocycles. The van der Waals surface area contributed by atoms with E-state index in [0.29, 0.717) is 12.2 Å². The van der Waals surface area contributed by atoms with Crippen molar-refractivity contribution in [3.8, 4) is 0 Å². The van der Waals surface area contributed by atoms with Crippen LogP contribution in [0.4, 0.5) is 0 Å². The van der Waals surface area contributed by atoms with Crippen LogP contribution >= 0.6 is 17.2 Å². The first-order valence-electron chi connectivity index (χ1n) is 6.28. The Labute approximate surface area is 146 Å². The van der Waals surface area contributed by atoms with Crippen LogP contribution in [0, 0.1) is 0 Å². The summed E-state index contributed by atoms with van der Waals surface area (Å²) in [5.74, 6) is -6.28. The molecule has 2 rings (SSSR count). The lowest BCUT2D eigenvalue weighted by atomic mass is 10.5. The van der Waals surface area contributed by atoms with Crippen LogP contribution in [-0.4, -0.2) is 35.8 Å². The first-order valence-corrected chi connectivity index (χ1v) is 8.47. The number of rotatable bonds is 4. The number of hydrogen-bond acceptors (Lipinski definition) is 12. The van der Waals surface area contributed by atoms with Crippen LogP contribution in [0.5, 0.6) is 0 Å². The normalized spacial score (nSPS) is 18.3. The Morgan fingerprint density at radius 2 is 0.923 bits per heavy atom. The van der Waals surface area contributed by atoms with Gasteiger partial charge in [-0.25, -0.2) is 28.8 Å². The lowest BCUT2D eigenvalue weighted by Crippen LogP contribution is -2.06. The minimum Gasteiger partial charge on any atom is -0.372 e. The van der Waals surface area contributed by atoms with Gasteiger partial charge < -0.3 is 27.1 Å². The molecule has 0 amide bonds. The molecule has 12 nitrogen and oxygen atoms in total. The molecule has 0 saturated heterocycles. The van der Waals surface area contributed by atoms with E-state index in [0.717, 1.165) is 24.3 Å². The van der Waals surface area contributed by atoms with Gasteiger partial charge in [0.05, 0.1) is 0 Å². The molecule has 0 saturated carbocycles. The van der Waals surface area contributed by atoms with Gasteiger partial charge in [-0.1, -0.05) is 0 Å². The van der Waals surface area contributed by atoms with Crippen molar-refractivity contribution in [3.05, 3.63) is 36.5 Å². The monoisotopic (exact) mass is 404 g/mol. The maximum Gasteiger partial charge on any atom is 0.537 e. The topological polar surface area (TPSA) is 158 Å². The van der Waals surface area contributed by atoms with Crippen LogP contribution in [0.25, 0.3) is 0 Å². The molecule has 0 aromatic heterocycles. The minimum absolute atomic E-state index is 0.555. The summed E-state index contributed by atoms with van der Waals surface area (Å²) in [4.78, 5) is 67.4. The molecular weight excluding hydrogens is 398 g/mol. The molecule has 0 unspecified atom stereocenters. The summed E-state index contributed by atoms with van der Waals surface area (Å²) in [5, 5.41) is 0. The molecule has 0 spiro atoms. The van der Waals surface area contributed by atoms with E-state index < -0.39 is 53.0 Å². The van der Waals surface area contributed by atoms with Crippen molar-refractivity contribution in [2.24, 2.45) is 0 Å². The van der Waals surface area contributed by atoms with Gasteiger partial charge in [0.15, 0.2) is 0 Å². The van der Waals surface area contributed by atoms with Crippen molar-refractivity contribution in [2.75, 3.05) is 0 Å². The number of carbonyl (C=O) groups excluding carboxylic acids is 6. The Balaban J connectivity index is 1.84. The molecule has 0 N–H and O–H groups in total. The first-order chi connectivity index (χ1) is 12.3. The van der Waals surface area contributed by atoms with E-state index in [-0.39, 0.29) is 0 Å². The lowest BCUT2D eigenvalue weighted by Gasteiger charge is -2.10. The minimum atomic E-state index is -2.64. The number of hydrogen-bond donors (Lipinski definition) is 0. The summed E-state index contributed by atoms with van der Waals surface area (Å²) in [6.45, 7) is 0. The third kappa shape index (κ3) is 6.42. The fourth-order valence-corrected chi connectivity index (χ4v) is 2.61. The third-order valence-corrected chi connectivity index (χ3v) is 4.03. The Hall–Kier alpha value is -3.10. The van der Waals surface area contributed by atoms with Crippen molar-refractivity contribution in [1.82, 2.24) is 0 Å². The molecule has 2 aliphatic heterocycles. The molecule has 2 aliphatic rings. The highest BCUT2D eigenvalue weighted by Crippen LogP contribution is 2.42.